The van der Waals surface area contributed by atoms with E-state index in [-0.39, 0.29) is 0 Å². The zero-order chi connectivity index (χ0) is 29.2. The van der Waals surface area contributed by atoms with Crippen LogP contribution >= 0.6 is 7.26 Å². The van der Waals surface area contributed by atoms with Gasteiger partial charge in [0.15, 0.2) is 0 Å². The van der Waals surface area contributed by atoms with Crippen molar-refractivity contribution in [3.8, 4) is 0 Å². The molecule has 206 valence electrons. The van der Waals surface area contributed by atoms with Crippen molar-refractivity contribution in [1.29, 1.82) is 0 Å². The van der Waals surface area contributed by atoms with Crippen LogP contribution in [0, 0.1) is 20.8 Å². The SMILES string of the molecule is Cc1ccc([P+]2(c3ccc(C)cc3)C(c3ccccc3)=C(c3ccccc3)c3cc(C)ccc32)cc1.F[B-](F)(F)F. The van der Waals surface area contributed by atoms with Crippen LogP contribution in [0.25, 0.3) is 10.9 Å². The Morgan fingerprint density at radius 3 is 1.37 bits per heavy atom. The van der Waals surface area contributed by atoms with Gasteiger partial charge in [0.05, 0.1) is 0 Å². The van der Waals surface area contributed by atoms with Crippen LogP contribution in [0.3, 0.4) is 0 Å². The van der Waals surface area contributed by atoms with Gasteiger partial charge in [-0.15, -0.1) is 0 Å². The van der Waals surface area contributed by atoms with E-state index >= 15 is 0 Å². The van der Waals surface area contributed by atoms with Gasteiger partial charge in [0.1, 0.15) is 28.5 Å². The van der Waals surface area contributed by atoms with Crippen molar-refractivity contribution in [3.05, 3.63) is 161 Å². The Balaban J connectivity index is 0.000000623. The highest BCUT2D eigenvalue weighted by Crippen LogP contribution is 2.73. The standard InChI is InChI=1S/C35H30P.BF4/c1-25-14-19-30(20-15-25)36(31-21-16-26(2)17-22-31)33-23-18-27(3)24-32(33)34(28-10-6-4-7-11-28)35(36)29-12-8-5-9-13-29;2-1(3,4)5/h4-24H,1-3H3;/q+1;-1. The molecule has 0 amide bonds. The van der Waals surface area contributed by atoms with E-state index in [1.807, 2.05) is 0 Å². The molecule has 0 aliphatic carbocycles. The number of halogens is 4. The molecule has 0 fully saturated rings. The summed E-state index contributed by atoms with van der Waals surface area (Å²) in [6.45, 7) is 6.56. The van der Waals surface area contributed by atoms with Gasteiger partial charge in [-0.2, -0.15) is 0 Å². The molecule has 0 unspecified atom stereocenters. The van der Waals surface area contributed by atoms with E-state index in [0.717, 1.165) is 0 Å². The van der Waals surface area contributed by atoms with Gasteiger partial charge in [-0.1, -0.05) is 108 Å². The monoisotopic (exact) mass is 568 g/mol. The van der Waals surface area contributed by atoms with Gasteiger partial charge in [0, 0.05) is 16.7 Å². The van der Waals surface area contributed by atoms with E-state index in [4.69, 9.17) is 0 Å². The van der Waals surface area contributed by atoms with Crippen LogP contribution in [0.1, 0.15) is 33.4 Å². The van der Waals surface area contributed by atoms with Crippen LogP contribution in [-0.2, 0) is 0 Å². The van der Waals surface area contributed by atoms with Crippen molar-refractivity contribution < 1.29 is 17.3 Å². The zero-order valence-corrected chi connectivity index (χ0v) is 24.1. The normalized spacial score (nSPS) is 13.8. The maximum absolute atomic E-state index is 9.75. The molecule has 5 aromatic carbocycles. The lowest BCUT2D eigenvalue weighted by molar-refractivity contribution is 0.368. The fourth-order valence-electron chi connectivity index (χ4n) is 5.61. The predicted octanol–water partition coefficient (Wildman–Crippen LogP) is 9.14. The molecule has 0 nitrogen and oxygen atoms in total. The first-order valence-electron chi connectivity index (χ1n) is 13.5. The Bertz CT molecular complexity index is 1620. The maximum Gasteiger partial charge on any atom is 0.673 e. The fraction of sp³-hybridized carbons (Fsp3) is 0.0857. The molecule has 6 rings (SSSR count). The Labute approximate surface area is 239 Å². The van der Waals surface area contributed by atoms with Crippen molar-refractivity contribution >= 4 is 41.3 Å². The Kier molecular flexibility index (Phi) is 8.02. The predicted molar refractivity (Wildman–Crippen MR) is 168 cm³/mol. The van der Waals surface area contributed by atoms with Crippen molar-refractivity contribution in [2.75, 3.05) is 0 Å². The molecule has 0 bridgehead atoms. The van der Waals surface area contributed by atoms with Crippen molar-refractivity contribution in [3.63, 3.8) is 0 Å². The third-order valence-electron chi connectivity index (χ3n) is 7.31. The first-order chi connectivity index (χ1) is 19.6. The highest BCUT2D eigenvalue weighted by molar-refractivity contribution is 8.04. The van der Waals surface area contributed by atoms with Crippen molar-refractivity contribution in [1.82, 2.24) is 0 Å². The molecular weight excluding hydrogens is 538 g/mol. The number of fused-ring (bicyclic) bond motifs is 1. The molecule has 0 saturated carbocycles. The summed E-state index contributed by atoms with van der Waals surface area (Å²) in [5.74, 6) is 0. The minimum absolute atomic E-state index is 1.28. The Morgan fingerprint density at radius 2 is 0.902 bits per heavy atom. The van der Waals surface area contributed by atoms with E-state index < -0.39 is 14.5 Å². The summed E-state index contributed by atoms with van der Waals surface area (Å²) in [7, 11) is -8.18. The summed E-state index contributed by atoms with van der Waals surface area (Å²) < 4.78 is 39.0. The second-order valence-electron chi connectivity index (χ2n) is 10.3. The lowest BCUT2D eigenvalue weighted by Gasteiger charge is -2.27. The highest BCUT2D eigenvalue weighted by Gasteiger charge is 2.57. The van der Waals surface area contributed by atoms with E-state index in [9.17, 15) is 17.3 Å². The van der Waals surface area contributed by atoms with Gasteiger partial charge in [-0.25, -0.2) is 0 Å². The minimum Gasteiger partial charge on any atom is -0.418 e. The highest BCUT2D eigenvalue weighted by atomic mass is 31.2. The molecule has 0 N–H and O–H groups in total. The van der Waals surface area contributed by atoms with Gasteiger partial charge >= 0.3 is 7.25 Å². The van der Waals surface area contributed by atoms with Gasteiger partial charge in [-0.05, 0) is 62.7 Å². The summed E-state index contributed by atoms with van der Waals surface area (Å²) in [6.07, 6.45) is 0. The van der Waals surface area contributed by atoms with Crippen LogP contribution in [0.15, 0.2) is 127 Å². The third-order valence-corrected chi connectivity index (χ3v) is 11.7. The first kappa shape index (κ1) is 28.6. The van der Waals surface area contributed by atoms with Crippen molar-refractivity contribution in [2.45, 2.75) is 20.8 Å². The van der Waals surface area contributed by atoms with Gasteiger partial charge in [0.2, 0.25) is 0 Å². The zero-order valence-electron chi connectivity index (χ0n) is 23.2. The lowest BCUT2D eigenvalue weighted by Crippen LogP contribution is -2.30. The number of benzene rings is 5. The molecule has 6 heteroatoms. The smallest absolute Gasteiger partial charge is 0.418 e. The summed E-state index contributed by atoms with van der Waals surface area (Å²) in [5.41, 5.74) is 9.20. The minimum atomic E-state index is -6.00. The molecule has 0 spiro atoms. The topological polar surface area (TPSA) is 0 Å². The second kappa shape index (κ2) is 11.5. The first-order valence-corrected chi connectivity index (χ1v) is 15.3. The van der Waals surface area contributed by atoms with Crippen LogP contribution in [0.2, 0.25) is 0 Å². The fourth-order valence-corrected chi connectivity index (χ4v) is 10.4. The molecule has 0 aromatic heterocycles. The van der Waals surface area contributed by atoms with Gasteiger partial charge in [0.25, 0.3) is 0 Å². The van der Waals surface area contributed by atoms with Crippen LogP contribution in [0.4, 0.5) is 17.3 Å². The Morgan fingerprint density at radius 1 is 0.488 bits per heavy atom. The second-order valence-corrected chi connectivity index (χ2v) is 13.6. The summed E-state index contributed by atoms with van der Waals surface area (Å²) >= 11 is 0. The molecule has 1 aliphatic rings. The Hall–Kier alpha value is -3.95. The number of aryl methyl sites for hydroxylation is 3. The van der Waals surface area contributed by atoms with E-state index in [2.05, 4.69) is 148 Å². The molecule has 41 heavy (non-hydrogen) atoms. The van der Waals surface area contributed by atoms with Crippen LogP contribution < -0.4 is 15.9 Å². The molecule has 0 saturated heterocycles. The summed E-state index contributed by atoms with van der Waals surface area (Å²) in [4.78, 5) is 0. The third kappa shape index (κ3) is 5.78. The summed E-state index contributed by atoms with van der Waals surface area (Å²) in [6, 6.07) is 47.8. The molecule has 5 aromatic rings. The van der Waals surface area contributed by atoms with Gasteiger partial charge in [-0.3, -0.25) is 0 Å². The largest absolute Gasteiger partial charge is 0.673 e. The van der Waals surface area contributed by atoms with E-state index in [1.165, 1.54) is 60.2 Å². The van der Waals surface area contributed by atoms with E-state index in [1.54, 1.807) is 0 Å². The molecule has 0 radical (unpaired) electrons. The quantitative estimate of drug-likeness (QED) is 0.115. The maximum atomic E-state index is 9.75. The van der Waals surface area contributed by atoms with E-state index in [0.29, 0.717) is 0 Å². The number of hydrogen-bond donors (Lipinski definition) is 0. The number of rotatable bonds is 4. The van der Waals surface area contributed by atoms with Crippen molar-refractivity contribution in [2.24, 2.45) is 0 Å². The van der Waals surface area contributed by atoms with Gasteiger partial charge < -0.3 is 17.3 Å². The average molecular weight is 568 g/mol. The summed E-state index contributed by atoms with van der Waals surface area (Å²) in [5, 5.41) is 5.74. The average Bonchev–Trinajstić information content (AvgIpc) is 3.25. The molecule has 0 atom stereocenters. The number of hydrogen-bond acceptors (Lipinski definition) is 0. The molecular formula is C35H30BF4P. The molecule has 1 aliphatic heterocycles. The van der Waals surface area contributed by atoms with Crippen LogP contribution in [0.5, 0.6) is 0 Å². The van der Waals surface area contributed by atoms with Crippen LogP contribution in [-0.4, -0.2) is 7.25 Å². The molecule has 1 heterocycles. The lowest BCUT2D eigenvalue weighted by atomic mass is 9.95.